The summed E-state index contributed by atoms with van der Waals surface area (Å²) in [6.07, 6.45) is 1.09. The van der Waals surface area contributed by atoms with Crippen molar-refractivity contribution >= 4 is 87.9 Å². The van der Waals surface area contributed by atoms with Crippen molar-refractivity contribution in [2.75, 3.05) is 26.2 Å². The van der Waals surface area contributed by atoms with Crippen LogP contribution in [-0.2, 0) is 64.0 Å². The molecular weight excluding hydrogens is 1100 g/mol. The Morgan fingerprint density at radius 2 is 1.32 bits per heavy atom. The van der Waals surface area contributed by atoms with Crippen molar-refractivity contribution in [3.8, 4) is 0 Å². The summed E-state index contributed by atoms with van der Waals surface area (Å²) in [6.45, 7) is 7.68. The molecule has 30 nitrogen and oxygen atoms in total. The van der Waals surface area contributed by atoms with Gasteiger partial charge in [0.2, 0.25) is 53.2 Å². The number of nitrogens with two attached hydrogens (primary N) is 4. The number of H-pyrrole nitrogens is 1. The maximum Gasteiger partial charge on any atom is 0.325 e. The number of aliphatic imine (C=N–C) groups is 1. The number of aromatic amines is 1. The molecule has 466 valence electrons. The average Bonchev–Trinajstić information content (AvgIpc) is 4.27. The minimum atomic E-state index is -1.89. The Hall–Kier alpha value is -8.41. The normalized spacial score (nSPS) is 16.2. The maximum atomic E-state index is 14.3. The molecule has 9 amide bonds. The summed E-state index contributed by atoms with van der Waals surface area (Å²) in [5.74, 6) is -13.3. The number of rotatable bonds is 37. The van der Waals surface area contributed by atoms with Crippen molar-refractivity contribution < 1.29 is 72.9 Å². The van der Waals surface area contributed by atoms with E-state index < -0.39 is 157 Å². The van der Waals surface area contributed by atoms with E-state index in [4.69, 9.17) is 22.9 Å². The van der Waals surface area contributed by atoms with Crippen molar-refractivity contribution in [3.05, 3.63) is 36.0 Å². The van der Waals surface area contributed by atoms with Crippen LogP contribution in [0.3, 0.4) is 0 Å². The maximum absolute atomic E-state index is 14.3. The van der Waals surface area contributed by atoms with E-state index in [-0.39, 0.29) is 82.9 Å². The molecule has 1 aromatic heterocycles. The summed E-state index contributed by atoms with van der Waals surface area (Å²) in [5, 5.41) is 49.8. The van der Waals surface area contributed by atoms with Crippen LogP contribution >= 0.6 is 0 Å². The number of para-hydroxylation sites is 1. The molecule has 0 unspecified atom stereocenters. The smallest absolute Gasteiger partial charge is 0.325 e. The fraction of sp³-hybridized carbons (Fsp3) is 0.611. The van der Waals surface area contributed by atoms with Gasteiger partial charge in [0, 0.05) is 36.6 Å². The number of hydrogen-bond donors (Lipinski definition) is 16. The number of carboxylic acids is 3. The molecule has 10 atom stereocenters. The highest BCUT2D eigenvalue weighted by Crippen LogP contribution is 2.22. The van der Waals surface area contributed by atoms with Crippen LogP contribution in [0.4, 0.5) is 0 Å². The van der Waals surface area contributed by atoms with Gasteiger partial charge in [0.05, 0.1) is 19.0 Å². The van der Waals surface area contributed by atoms with Gasteiger partial charge in [-0.05, 0) is 101 Å². The highest BCUT2D eigenvalue weighted by molar-refractivity contribution is 5.99. The monoisotopic (exact) mass is 1180 g/mol. The number of hydrogen-bond acceptors (Lipinski definition) is 15. The largest absolute Gasteiger partial charge is 0.481 e. The molecule has 2 aromatic rings. The molecule has 0 radical (unpaired) electrons. The molecule has 1 aliphatic rings. The summed E-state index contributed by atoms with van der Waals surface area (Å²) in [4.78, 5) is 168. The molecule has 0 aliphatic carbocycles. The molecule has 0 bridgehead atoms. The number of carbonyl (C=O) groups excluding carboxylic acids is 9. The molecule has 3 rings (SSSR count). The summed E-state index contributed by atoms with van der Waals surface area (Å²) in [5.41, 5.74) is 24.3. The van der Waals surface area contributed by atoms with E-state index in [2.05, 4.69) is 52.5 Å². The number of nitrogens with zero attached hydrogens (tertiary/aromatic N) is 2. The number of amides is 9. The van der Waals surface area contributed by atoms with Gasteiger partial charge in [0.25, 0.3) is 0 Å². The summed E-state index contributed by atoms with van der Waals surface area (Å²) in [7, 11) is 0. The van der Waals surface area contributed by atoms with Crippen molar-refractivity contribution in [1.82, 2.24) is 52.4 Å². The number of carboxylic acid groups (broad SMARTS) is 3. The molecule has 1 aliphatic heterocycles. The Bertz CT molecular complexity index is 2660. The number of benzene rings is 1. The van der Waals surface area contributed by atoms with Gasteiger partial charge in [-0.1, -0.05) is 52.3 Å². The lowest BCUT2D eigenvalue weighted by Gasteiger charge is -2.31. The molecule has 1 aromatic carbocycles. The standard InChI is InChI=1S/C54H85N15O15/c1-6-29(4)44(68-48(78)35(15-9-10-20-55)63-41(70)27-61-45(75)33(56)24-31-26-60-34-14-8-7-13-32(31)34)51(81)65-37(18-19-42(71)72)47(77)67-39(25-43(73)74)52(82)69-22-12-17-40(69)50(80)66-38(23-28(2)3)49(79)64-36(16-11-21-59-54(57)58)46(76)62-30(5)53(83)84/h7-8,13-14,26,28-30,33,35-40,44,60H,6,9-12,15-25,27,55-56H2,1-5H3,(H,61,75)(H,62,76)(H,63,70)(H,64,79)(H,65,81)(H,66,80)(H,67,77)(H,68,78)(H,71,72)(H,73,74)(H,83,84)(H4,57,58,59)/t29-,30-,33-,35-,36-,37-,38-,39-,40-,44-/m0/s1. The third-order valence-corrected chi connectivity index (χ3v) is 14.0. The predicted octanol–water partition coefficient (Wildman–Crippen LogP) is -2.74. The number of aliphatic carboxylic acids is 3. The van der Waals surface area contributed by atoms with Gasteiger partial charge in [-0.2, -0.15) is 0 Å². The van der Waals surface area contributed by atoms with Crippen LogP contribution < -0.4 is 65.5 Å². The lowest BCUT2D eigenvalue weighted by molar-refractivity contribution is -0.146. The van der Waals surface area contributed by atoms with Crippen molar-refractivity contribution in [3.63, 3.8) is 0 Å². The number of aromatic nitrogens is 1. The zero-order chi connectivity index (χ0) is 62.8. The molecular formula is C54H85N15O15. The number of unbranched alkanes of at least 4 members (excludes halogenated alkanes) is 1. The highest BCUT2D eigenvalue weighted by atomic mass is 16.4. The molecule has 0 saturated carbocycles. The van der Waals surface area contributed by atoms with Gasteiger partial charge < -0.3 is 90.7 Å². The minimum Gasteiger partial charge on any atom is -0.481 e. The Labute approximate surface area is 486 Å². The van der Waals surface area contributed by atoms with Crippen LogP contribution in [0.5, 0.6) is 0 Å². The van der Waals surface area contributed by atoms with Gasteiger partial charge in [-0.3, -0.25) is 62.5 Å². The first kappa shape index (κ1) is 69.9. The van der Waals surface area contributed by atoms with Gasteiger partial charge in [0.15, 0.2) is 5.96 Å². The van der Waals surface area contributed by atoms with E-state index in [1.807, 2.05) is 24.3 Å². The van der Waals surface area contributed by atoms with Crippen LogP contribution in [0, 0.1) is 11.8 Å². The van der Waals surface area contributed by atoms with E-state index in [0.29, 0.717) is 12.8 Å². The number of likely N-dealkylation sites (tertiary alicyclic amines) is 1. The summed E-state index contributed by atoms with van der Waals surface area (Å²) < 4.78 is 0. The summed E-state index contributed by atoms with van der Waals surface area (Å²) >= 11 is 0. The Balaban J connectivity index is 1.80. The fourth-order valence-electron chi connectivity index (χ4n) is 9.23. The van der Waals surface area contributed by atoms with E-state index in [1.165, 1.54) is 6.92 Å². The number of guanidine groups is 1. The zero-order valence-corrected chi connectivity index (χ0v) is 48.2. The van der Waals surface area contributed by atoms with Crippen molar-refractivity contribution in [2.24, 2.45) is 39.8 Å². The van der Waals surface area contributed by atoms with Crippen molar-refractivity contribution in [1.29, 1.82) is 0 Å². The fourth-order valence-corrected chi connectivity index (χ4v) is 9.23. The average molecular weight is 1180 g/mol. The lowest BCUT2D eigenvalue weighted by atomic mass is 9.96. The third kappa shape index (κ3) is 23.1. The third-order valence-electron chi connectivity index (χ3n) is 14.0. The van der Waals surface area contributed by atoms with E-state index in [1.54, 1.807) is 33.9 Å². The second-order valence-electron chi connectivity index (χ2n) is 21.3. The van der Waals surface area contributed by atoms with Crippen LogP contribution in [-0.4, -0.2) is 183 Å². The zero-order valence-electron chi connectivity index (χ0n) is 48.2. The van der Waals surface area contributed by atoms with Crippen LogP contribution in [0.15, 0.2) is 35.5 Å². The second kappa shape index (κ2) is 34.9. The minimum absolute atomic E-state index is 0.0200. The van der Waals surface area contributed by atoms with E-state index in [9.17, 15) is 72.9 Å². The predicted molar refractivity (Wildman–Crippen MR) is 305 cm³/mol. The number of nitrogens with one attached hydrogen (secondary N) is 9. The first-order valence-electron chi connectivity index (χ1n) is 28.1. The Kier molecular flexibility index (Phi) is 29.0. The molecule has 1 fully saturated rings. The molecule has 30 heteroatoms. The Morgan fingerprint density at radius 1 is 0.714 bits per heavy atom. The topological polar surface area (TPSA) is 497 Å². The Morgan fingerprint density at radius 3 is 1.95 bits per heavy atom. The number of carbonyl (C=O) groups is 12. The lowest BCUT2D eigenvalue weighted by Crippen LogP contribution is -2.61. The van der Waals surface area contributed by atoms with Gasteiger partial charge in [0.1, 0.15) is 48.3 Å². The van der Waals surface area contributed by atoms with Crippen LogP contribution in [0.2, 0.25) is 0 Å². The van der Waals surface area contributed by atoms with E-state index >= 15 is 0 Å². The SMILES string of the molecule is CC[C@H](C)[C@H](NC(=O)[C@H](CCCCN)NC(=O)CNC(=O)[C@@H](N)Cc1c[nH]c2ccccc12)C(=O)N[C@@H](CCC(=O)O)C(=O)N[C@@H](CC(=O)O)C(=O)N1CCC[C@H]1C(=O)N[C@@H](CC(C)C)C(=O)N[C@@H](CCCN=C(N)N)C(=O)N[C@@H](C)C(=O)O. The second-order valence-corrected chi connectivity index (χ2v) is 21.3. The van der Waals surface area contributed by atoms with Crippen LogP contribution in [0.25, 0.3) is 10.9 Å². The first-order chi connectivity index (χ1) is 39.7. The molecule has 1 saturated heterocycles. The van der Waals surface area contributed by atoms with Crippen molar-refractivity contribution in [2.45, 2.75) is 172 Å². The molecule has 20 N–H and O–H groups in total. The summed E-state index contributed by atoms with van der Waals surface area (Å²) in [6, 6.07) is -5.16. The van der Waals surface area contributed by atoms with Gasteiger partial charge in [-0.25, -0.2) is 0 Å². The quantitative estimate of drug-likeness (QED) is 0.0185. The first-order valence-corrected chi connectivity index (χ1v) is 28.1. The molecule has 84 heavy (non-hydrogen) atoms. The van der Waals surface area contributed by atoms with Gasteiger partial charge >= 0.3 is 17.9 Å². The highest BCUT2D eigenvalue weighted by Gasteiger charge is 2.41. The van der Waals surface area contributed by atoms with Gasteiger partial charge in [-0.15, -0.1) is 0 Å². The molecule has 2 heterocycles. The number of fused-ring (bicyclic) bond motifs is 1. The van der Waals surface area contributed by atoms with E-state index in [0.717, 1.165) is 21.4 Å². The molecule has 0 spiro atoms. The van der Waals surface area contributed by atoms with Crippen LogP contribution in [0.1, 0.15) is 117 Å².